The fourth-order valence-electron chi connectivity index (χ4n) is 2.74. The van der Waals surface area contributed by atoms with Gasteiger partial charge in [0.1, 0.15) is 0 Å². The Morgan fingerprint density at radius 2 is 1.95 bits per heavy atom. The zero-order valence-electron chi connectivity index (χ0n) is 13.6. The van der Waals surface area contributed by atoms with E-state index in [1.165, 1.54) is 0 Å². The van der Waals surface area contributed by atoms with E-state index in [0.717, 1.165) is 31.6 Å². The van der Waals surface area contributed by atoms with Crippen LogP contribution in [0.1, 0.15) is 39.3 Å². The first kappa shape index (κ1) is 16.7. The molecular weight excluding hydrogens is 282 g/mol. The Morgan fingerprint density at radius 1 is 1.32 bits per heavy atom. The third-order valence-electron chi connectivity index (χ3n) is 4.13. The van der Waals surface area contributed by atoms with Crippen LogP contribution in [-0.2, 0) is 16.8 Å². The third kappa shape index (κ3) is 4.40. The summed E-state index contributed by atoms with van der Waals surface area (Å²) >= 11 is 0. The van der Waals surface area contributed by atoms with Crippen molar-refractivity contribution in [1.29, 1.82) is 0 Å². The molecule has 0 spiro atoms. The summed E-state index contributed by atoms with van der Waals surface area (Å²) in [5, 5.41) is 13.3. The molecule has 2 heterocycles. The van der Waals surface area contributed by atoms with Crippen molar-refractivity contribution in [2.75, 3.05) is 19.6 Å². The van der Waals surface area contributed by atoms with Crippen LogP contribution in [0.25, 0.3) is 0 Å². The van der Waals surface area contributed by atoms with Crippen LogP contribution in [0, 0.1) is 5.92 Å². The van der Waals surface area contributed by atoms with Gasteiger partial charge in [0, 0.05) is 18.0 Å². The first-order chi connectivity index (χ1) is 10.3. The Kier molecular flexibility index (Phi) is 5.01. The molecule has 0 bridgehead atoms. The highest BCUT2D eigenvalue weighted by atomic mass is 16.4. The van der Waals surface area contributed by atoms with Crippen LogP contribution < -0.4 is 5.56 Å². The van der Waals surface area contributed by atoms with E-state index in [4.69, 9.17) is 5.11 Å². The van der Waals surface area contributed by atoms with E-state index in [0.29, 0.717) is 12.5 Å². The largest absolute Gasteiger partial charge is 0.480 e. The summed E-state index contributed by atoms with van der Waals surface area (Å²) in [6.07, 6.45) is 1.81. The molecule has 1 aliphatic rings. The molecule has 1 fully saturated rings. The van der Waals surface area contributed by atoms with E-state index < -0.39 is 5.97 Å². The molecule has 1 N–H and O–H groups in total. The second-order valence-electron chi connectivity index (χ2n) is 7.10. The van der Waals surface area contributed by atoms with Crippen molar-refractivity contribution in [3.8, 4) is 0 Å². The van der Waals surface area contributed by atoms with Gasteiger partial charge in [-0.2, -0.15) is 5.10 Å². The maximum Gasteiger partial charge on any atom is 0.317 e. The van der Waals surface area contributed by atoms with Crippen molar-refractivity contribution in [3.63, 3.8) is 0 Å². The van der Waals surface area contributed by atoms with Gasteiger partial charge in [-0.15, -0.1) is 0 Å². The van der Waals surface area contributed by atoms with Gasteiger partial charge in [-0.1, -0.05) is 20.8 Å². The number of likely N-dealkylation sites (tertiary alicyclic amines) is 1. The molecule has 0 aliphatic carbocycles. The predicted molar refractivity (Wildman–Crippen MR) is 84.0 cm³/mol. The zero-order valence-corrected chi connectivity index (χ0v) is 13.6. The highest BCUT2D eigenvalue weighted by Crippen LogP contribution is 2.20. The van der Waals surface area contributed by atoms with E-state index >= 15 is 0 Å². The van der Waals surface area contributed by atoms with Gasteiger partial charge < -0.3 is 5.11 Å². The third-order valence-corrected chi connectivity index (χ3v) is 4.13. The van der Waals surface area contributed by atoms with E-state index in [1.54, 1.807) is 16.8 Å². The molecule has 0 amide bonds. The Balaban J connectivity index is 2.00. The molecule has 1 aromatic heterocycles. The zero-order chi connectivity index (χ0) is 16.3. The fraction of sp³-hybridized carbons (Fsp3) is 0.688. The Labute approximate surface area is 130 Å². The topological polar surface area (TPSA) is 75.4 Å². The second-order valence-corrected chi connectivity index (χ2v) is 7.10. The number of carboxylic acids is 1. The van der Waals surface area contributed by atoms with Gasteiger partial charge in [0.05, 0.1) is 12.2 Å². The molecule has 0 radical (unpaired) electrons. The number of carbonyl (C=O) groups is 1. The van der Waals surface area contributed by atoms with Crippen LogP contribution in [0.4, 0.5) is 0 Å². The molecule has 0 atom stereocenters. The molecule has 1 aliphatic heterocycles. The van der Waals surface area contributed by atoms with Crippen molar-refractivity contribution >= 4 is 5.97 Å². The first-order valence-electron chi connectivity index (χ1n) is 7.78. The molecule has 0 aromatic carbocycles. The van der Waals surface area contributed by atoms with Gasteiger partial charge in [-0.3, -0.25) is 14.5 Å². The van der Waals surface area contributed by atoms with Crippen LogP contribution in [-0.4, -0.2) is 45.4 Å². The second kappa shape index (κ2) is 6.60. The van der Waals surface area contributed by atoms with E-state index in [1.807, 2.05) is 4.90 Å². The molecule has 2 rings (SSSR count). The van der Waals surface area contributed by atoms with Crippen LogP contribution in [0.2, 0.25) is 0 Å². The van der Waals surface area contributed by atoms with Gasteiger partial charge >= 0.3 is 5.97 Å². The van der Waals surface area contributed by atoms with Gasteiger partial charge in [-0.25, -0.2) is 4.68 Å². The van der Waals surface area contributed by atoms with E-state index in [2.05, 4.69) is 25.9 Å². The minimum Gasteiger partial charge on any atom is -0.480 e. The summed E-state index contributed by atoms with van der Waals surface area (Å²) in [5.41, 5.74) is 0.761. The summed E-state index contributed by atoms with van der Waals surface area (Å²) in [7, 11) is 0. The van der Waals surface area contributed by atoms with Crippen molar-refractivity contribution < 1.29 is 9.90 Å². The number of aromatic nitrogens is 2. The normalized spacial score (nSPS) is 17.6. The van der Waals surface area contributed by atoms with Crippen molar-refractivity contribution in [2.24, 2.45) is 5.92 Å². The van der Waals surface area contributed by atoms with Crippen molar-refractivity contribution in [1.82, 2.24) is 14.7 Å². The lowest BCUT2D eigenvalue weighted by Crippen LogP contribution is -2.39. The fourth-order valence-corrected chi connectivity index (χ4v) is 2.74. The lowest BCUT2D eigenvalue weighted by molar-refractivity contribution is -0.138. The Morgan fingerprint density at radius 3 is 2.50 bits per heavy atom. The lowest BCUT2D eigenvalue weighted by Gasteiger charge is -2.31. The quantitative estimate of drug-likeness (QED) is 0.908. The van der Waals surface area contributed by atoms with Gasteiger partial charge in [0.15, 0.2) is 0 Å². The minimum absolute atomic E-state index is 0.0686. The van der Waals surface area contributed by atoms with Gasteiger partial charge in [0.25, 0.3) is 5.56 Å². The maximum atomic E-state index is 12.0. The number of piperidine rings is 1. The molecule has 0 unspecified atom stereocenters. The van der Waals surface area contributed by atoms with E-state index in [9.17, 15) is 9.59 Å². The Hall–Kier alpha value is -1.69. The van der Waals surface area contributed by atoms with Crippen molar-refractivity contribution in [3.05, 3.63) is 28.2 Å². The summed E-state index contributed by atoms with van der Waals surface area (Å²) < 4.78 is 1.57. The maximum absolute atomic E-state index is 12.0. The molecule has 22 heavy (non-hydrogen) atoms. The highest BCUT2D eigenvalue weighted by Gasteiger charge is 2.22. The molecule has 6 heteroatoms. The minimum atomic E-state index is -0.783. The lowest BCUT2D eigenvalue weighted by atomic mass is 9.92. The SMILES string of the molecule is CC(C)(C)c1ccc(=O)n(CC2CCN(CC(=O)O)CC2)n1. The smallest absolute Gasteiger partial charge is 0.317 e. The van der Waals surface area contributed by atoms with Crippen molar-refractivity contribution in [2.45, 2.75) is 45.6 Å². The number of rotatable bonds is 4. The van der Waals surface area contributed by atoms with Crippen LogP contribution >= 0.6 is 0 Å². The Bertz CT molecular complexity index is 581. The van der Waals surface area contributed by atoms with Gasteiger partial charge in [0.2, 0.25) is 0 Å². The van der Waals surface area contributed by atoms with Crippen LogP contribution in [0.15, 0.2) is 16.9 Å². The number of aliphatic carboxylic acids is 1. The number of hydrogen-bond acceptors (Lipinski definition) is 4. The summed E-state index contributed by atoms with van der Waals surface area (Å²) in [6.45, 7) is 8.49. The standard InChI is InChI=1S/C16H25N3O3/c1-16(2,3)13-4-5-14(20)19(17-13)10-12-6-8-18(9-7-12)11-15(21)22/h4-5,12H,6-11H2,1-3H3,(H,21,22). The molecular formula is C16H25N3O3. The van der Waals surface area contributed by atoms with Crippen LogP contribution in [0.5, 0.6) is 0 Å². The molecule has 122 valence electrons. The number of nitrogens with zero attached hydrogens (tertiary/aromatic N) is 3. The average molecular weight is 307 g/mol. The van der Waals surface area contributed by atoms with E-state index in [-0.39, 0.29) is 17.5 Å². The average Bonchev–Trinajstić information content (AvgIpc) is 2.41. The summed E-state index contributed by atoms with van der Waals surface area (Å²) in [5.74, 6) is -0.403. The first-order valence-corrected chi connectivity index (χ1v) is 7.78. The molecule has 1 aromatic rings. The summed E-state index contributed by atoms with van der Waals surface area (Å²) in [6, 6.07) is 3.39. The number of hydrogen-bond donors (Lipinski definition) is 1. The molecule has 0 saturated carbocycles. The molecule has 6 nitrogen and oxygen atoms in total. The van der Waals surface area contributed by atoms with Gasteiger partial charge in [-0.05, 0) is 37.9 Å². The predicted octanol–water partition coefficient (Wildman–Crippen LogP) is 1.34. The monoisotopic (exact) mass is 307 g/mol. The number of carboxylic acid groups (broad SMARTS) is 1. The highest BCUT2D eigenvalue weighted by molar-refractivity contribution is 5.69. The van der Waals surface area contributed by atoms with Crippen LogP contribution in [0.3, 0.4) is 0 Å². The molecule has 1 saturated heterocycles. The summed E-state index contributed by atoms with van der Waals surface area (Å²) in [4.78, 5) is 24.7.